The summed E-state index contributed by atoms with van der Waals surface area (Å²) in [6.45, 7) is 7.57. The Morgan fingerprint density at radius 3 is 2.27 bits per heavy atom. The summed E-state index contributed by atoms with van der Waals surface area (Å²) < 4.78 is 0. The van der Waals surface area contributed by atoms with Crippen LogP contribution in [0.2, 0.25) is 0 Å². The van der Waals surface area contributed by atoms with E-state index in [0.29, 0.717) is 5.92 Å². The molecule has 2 heterocycles. The van der Waals surface area contributed by atoms with E-state index >= 15 is 0 Å². The molecule has 3 aromatic rings. The number of hydrogen-bond acceptors (Lipinski definition) is 3. The number of allylic oxidation sites excluding steroid dienone is 3. The Morgan fingerprint density at radius 2 is 1.62 bits per heavy atom. The number of anilines is 1. The van der Waals surface area contributed by atoms with Crippen LogP contribution < -0.4 is 4.90 Å². The van der Waals surface area contributed by atoms with Crippen molar-refractivity contribution in [1.29, 1.82) is 0 Å². The first kappa shape index (κ1) is 25.0. The molecule has 0 N–H and O–H groups in total. The highest BCUT2D eigenvalue weighted by atomic mass is 15.2. The van der Waals surface area contributed by atoms with Crippen LogP contribution in [0.15, 0.2) is 102 Å². The number of pyridine rings is 1. The lowest BCUT2D eigenvalue weighted by Gasteiger charge is -2.33. The molecule has 188 valence electrons. The second-order valence-electron chi connectivity index (χ2n) is 10.1. The molecule has 0 saturated heterocycles. The van der Waals surface area contributed by atoms with Gasteiger partial charge in [0, 0.05) is 36.8 Å². The highest BCUT2D eigenvalue weighted by molar-refractivity contribution is 6.00. The second-order valence-corrected chi connectivity index (χ2v) is 10.1. The summed E-state index contributed by atoms with van der Waals surface area (Å²) in [5.41, 5.74) is 8.55. The summed E-state index contributed by atoms with van der Waals surface area (Å²) in [7, 11) is 0. The van der Waals surface area contributed by atoms with Crippen LogP contribution in [0.3, 0.4) is 0 Å². The van der Waals surface area contributed by atoms with Crippen LogP contribution in [0.5, 0.6) is 0 Å². The molecule has 1 aromatic heterocycles. The van der Waals surface area contributed by atoms with E-state index < -0.39 is 0 Å². The van der Waals surface area contributed by atoms with Crippen LogP contribution in [0.1, 0.15) is 62.1 Å². The third kappa shape index (κ3) is 6.35. The van der Waals surface area contributed by atoms with Crippen molar-refractivity contribution in [2.24, 2.45) is 10.9 Å². The minimum Gasteiger partial charge on any atom is -0.326 e. The number of aryl methyl sites for hydroxylation is 1. The van der Waals surface area contributed by atoms with Crippen molar-refractivity contribution in [1.82, 2.24) is 4.98 Å². The third-order valence-corrected chi connectivity index (χ3v) is 7.60. The van der Waals surface area contributed by atoms with Gasteiger partial charge in [0.2, 0.25) is 0 Å². The maximum Gasteiger partial charge on any atom is 0.133 e. The molecule has 1 saturated carbocycles. The quantitative estimate of drug-likeness (QED) is 0.302. The minimum atomic E-state index is 0.519. The fraction of sp³-hybridized carbons (Fsp3) is 0.294. The van der Waals surface area contributed by atoms with Crippen molar-refractivity contribution >= 4 is 17.6 Å². The van der Waals surface area contributed by atoms with Crippen molar-refractivity contribution in [3.8, 4) is 11.1 Å². The predicted molar refractivity (Wildman–Crippen MR) is 158 cm³/mol. The standard InChI is InChI=1S/C34H37N3/c1-3-27-11-16-31(17-12-27)32-18-13-29(14-19-32)25-37(26(2)30-8-5-4-6-9-30)34-24-28(21-23-36-34)15-20-33-10-7-22-35-33/h7,11-24,30H,2-6,8-10,25H2,1H3/b20-15+. The Labute approximate surface area is 222 Å². The summed E-state index contributed by atoms with van der Waals surface area (Å²) in [5, 5.41) is 0. The van der Waals surface area contributed by atoms with Crippen LogP contribution in [0, 0.1) is 5.92 Å². The van der Waals surface area contributed by atoms with Crippen LogP contribution in [0.25, 0.3) is 17.2 Å². The number of aliphatic imine (C=N–C) groups is 1. The number of nitrogens with zero attached hydrogens (tertiary/aromatic N) is 3. The fourth-order valence-corrected chi connectivity index (χ4v) is 5.27. The number of aromatic nitrogens is 1. The van der Waals surface area contributed by atoms with E-state index in [0.717, 1.165) is 36.5 Å². The summed E-state index contributed by atoms with van der Waals surface area (Å²) in [6.07, 6.45) is 18.4. The first-order valence-corrected chi connectivity index (χ1v) is 13.7. The Kier molecular flexibility index (Phi) is 8.10. The molecule has 0 atom stereocenters. The van der Waals surface area contributed by atoms with E-state index in [1.807, 2.05) is 12.4 Å². The molecule has 0 amide bonds. The fourth-order valence-electron chi connectivity index (χ4n) is 5.27. The van der Waals surface area contributed by atoms with Crippen molar-refractivity contribution in [2.45, 2.75) is 58.4 Å². The van der Waals surface area contributed by atoms with Gasteiger partial charge in [-0.1, -0.05) is 93.4 Å². The van der Waals surface area contributed by atoms with Crippen molar-refractivity contribution < 1.29 is 0 Å². The number of benzene rings is 2. The summed E-state index contributed by atoms with van der Waals surface area (Å²) in [6, 6.07) is 22.1. The van der Waals surface area contributed by atoms with E-state index in [9.17, 15) is 0 Å². The third-order valence-electron chi connectivity index (χ3n) is 7.60. The van der Waals surface area contributed by atoms with Gasteiger partial charge in [-0.25, -0.2) is 4.98 Å². The van der Waals surface area contributed by atoms with Gasteiger partial charge in [0.05, 0.1) is 0 Å². The molecule has 2 aliphatic rings. The molecule has 0 bridgehead atoms. The van der Waals surface area contributed by atoms with E-state index in [2.05, 4.69) is 102 Å². The minimum absolute atomic E-state index is 0.519. The lowest BCUT2D eigenvalue weighted by Crippen LogP contribution is -2.28. The maximum atomic E-state index is 4.80. The van der Waals surface area contributed by atoms with Crippen LogP contribution in [-0.2, 0) is 13.0 Å². The molecular formula is C34H37N3. The van der Waals surface area contributed by atoms with Gasteiger partial charge in [-0.15, -0.1) is 0 Å². The zero-order chi connectivity index (χ0) is 25.5. The smallest absolute Gasteiger partial charge is 0.133 e. The average molecular weight is 488 g/mol. The molecular weight excluding hydrogens is 450 g/mol. The Balaban J connectivity index is 1.38. The molecule has 1 aliphatic heterocycles. The lowest BCUT2D eigenvalue weighted by atomic mass is 9.86. The largest absolute Gasteiger partial charge is 0.326 e. The molecule has 0 spiro atoms. The van der Waals surface area contributed by atoms with Gasteiger partial charge in [-0.05, 0) is 71.2 Å². The Morgan fingerprint density at radius 1 is 0.919 bits per heavy atom. The molecule has 3 nitrogen and oxygen atoms in total. The molecule has 1 aliphatic carbocycles. The lowest BCUT2D eigenvalue weighted by molar-refractivity contribution is 0.395. The van der Waals surface area contributed by atoms with E-state index in [4.69, 9.17) is 4.98 Å². The van der Waals surface area contributed by atoms with E-state index in [1.54, 1.807) is 0 Å². The first-order valence-electron chi connectivity index (χ1n) is 13.7. The second kappa shape index (κ2) is 12.0. The van der Waals surface area contributed by atoms with E-state index in [-0.39, 0.29) is 0 Å². The zero-order valence-corrected chi connectivity index (χ0v) is 21.9. The van der Waals surface area contributed by atoms with Crippen molar-refractivity contribution in [3.05, 3.63) is 114 Å². The molecule has 0 unspecified atom stereocenters. The number of rotatable bonds is 9. The van der Waals surface area contributed by atoms with Crippen molar-refractivity contribution in [3.63, 3.8) is 0 Å². The SMILES string of the molecule is C=C(C1CCCCC1)N(Cc1ccc(-c2ccc(CC)cc2)cc1)c1cc(/C=C/C2=NC=CC2)ccn1. The molecule has 37 heavy (non-hydrogen) atoms. The zero-order valence-electron chi connectivity index (χ0n) is 21.9. The van der Waals surface area contributed by atoms with Gasteiger partial charge in [-0.2, -0.15) is 0 Å². The highest BCUT2D eigenvalue weighted by Gasteiger charge is 2.23. The molecule has 1 fully saturated rings. The normalized spacial score (nSPS) is 15.8. The van der Waals surface area contributed by atoms with Crippen LogP contribution >= 0.6 is 0 Å². The molecule has 0 radical (unpaired) electrons. The van der Waals surface area contributed by atoms with Crippen LogP contribution in [0.4, 0.5) is 5.82 Å². The summed E-state index contributed by atoms with van der Waals surface area (Å²) in [4.78, 5) is 11.5. The highest BCUT2D eigenvalue weighted by Crippen LogP contribution is 2.34. The van der Waals surface area contributed by atoms with Gasteiger partial charge >= 0.3 is 0 Å². The van der Waals surface area contributed by atoms with Crippen molar-refractivity contribution in [2.75, 3.05) is 4.90 Å². The summed E-state index contributed by atoms with van der Waals surface area (Å²) in [5.74, 6) is 1.48. The average Bonchev–Trinajstić information content (AvgIpc) is 3.49. The van der Waals surface area contributed by atoms with Gasteiger partial charge in [0.1, 0.15) is 5.82 Å². The van der Waals surface area contributed by atoms with Gasteiger partial charge in [0.25, 0.3) is 0 Å². The Hall–Kier alpha value is -3.72. The van der Waals surface area contributed by atoms with Gasteiger partial charge < -0.3 is 4.90 Å². The van der Waals surface area contributed by atoms with Gasteiger partial charge in [-0.3, -0.25) is 4.99 Å². The predicted octanol–water partition coefficient (Wildman–Crippen LogP) is 8.78. The Bertz CT molecular complexity index is 1290. The summed E-state index contributed by atoms with van der Waals surface area (Å²) >= 11 is 0. The molecule has 5 rings (SSSR count). The number of hydrogen-bond donors (Lipinski definition) is 0. The molecule has 3 heteroatoms. The topological polar surface area (TPSA) is 28.5 Å². The van der Waals surface area contributed by atoms with Crippen LogP contribution in [-0.4, -0.2) is 10.7 Å². The monoisotopic (exact) mass is 487 g/mol. The maximum absolute atomic E-state index is 4.80. The van der Waals surface area contributed by atoms with Gasteiger partial charge in [0.15, 0.2) is 0 Å². The molecule has 2 aromatic carbocycles. The van der Waals surface area contributed by atoms with E-state index in [1.165, 1.54) is 60.1 Å². The first-order chi connectivity index (χ1) is 18.2.